The number of hydrogen-bond acceptors (Lipinski definition) is 4. The molecule has 0 amide bonds. The van der Waals surface area contributed by atoms with Crippen molar-refractivity contribution in [1.29, 1.82) is 0 Å². The minimum Gasteiger partial charge on any atom is -0.312 e. The van der Waals surface area contributed by atoms with Crippen LogP contribution in [0, 0.1) is 0 Å². The van der Waals surface area contributed by atoms with E-state index in [0.717, 1.165) is 0 Å². The van der Waals surface area contributed by atoms with Gasteiger partial charge in [0.25, 0.3) is 11.1 Å². The van der Waals surface area contributed by atoms with Gasteiger partial charge in [0.2, 0.25) is 0 Å². The molecule has 5 nitrogen and oxygen atoms in total. The smallest absolute Gasteiger partial charge is 0.258 e. The summed E-state index contributed by atoms with van der Waals surface area (Å²) in [5.41, 5.74) is -0.648. The molecule has 3 rings (SSSR count). The third kappa shape index (κ3) is 8.07. The molecule has 0 fully saturated rings. The van der Waals surface area contributed by atoms with Gasteiger partial charge >= 0.3 is 0 Å². The van der Waals surface area contributed by atoms with Gasteiger partial charge in [-0.3, -0.25) is 14.6 Å². The van der Waals surface area contributed by atoms with Crippen LogP contribution in [-0.4, -0.2) is 57.1 Å². The number of nitrogens with zero attached hydrogens (tertiary/aromatic N) is 2. The van der Waals surface area contributed by atoms with Gasteiger partial charge in [0.05, 0.1) is 0 Å². The van der Waals surface area contributed by atoms with Crippen molar-refractivity contribution in [3.63, 3.8) is 0 Å². The number of aromatic amines is 1. The quantitative estimate of drug-likeness (QED) is 0.761. The van der Waals surface area contributed by atoms with Crippen molar-refractivity contribution >= 4 is 10.8 Å². The van der Waals surface area contributed by atoms with Gasteiger partial charge in [-0.2, -0.15) is 0 Å². The van der Waals surface area contributed by atoms with E-state index in [1.165, 1.54) is 0 Å². The molecule has 0 aliphatic carbocycles. The molecule has 3 aromatic rings. The van der Waals surface area contributed by atoms with Crippen LogP contribution in [-0.2, 0) is 0 Å². The largest absolute Gasteiger partial charge is 0.312 e. The minimum absolute atomic E-state index is 0.324. The van der Waals surface area contributed by atoms with Crippen LogP contribution in [0.3, 0.4) is 0 Å². The van der Waals surface area contributed by atoms with Gasteiger partial charge in [-0.1, -0.05) is 0 Å². The van der Waals surface area contributed by atoms with Crippen molar-refractivity contribution in [1.82, 2.24) is 14.8 Å². The molecule has 0 atom stereocenters. The van der Waals surface area contributed by atoms with Crippen molar-refractivity contribution in [3.8, 4) is 0 Å². The SMILES string of the molecule is CN(C)C.CN(C)C.O=c1[nH]c(=O)c2ccc1cc2. The summed E-state index contributed by atoms with van der Waals surface area (Å²) in [6, 6.07) is 6.54. The summed E-state index contributed by atoms with van der Waals surface area (Å²) in [5, 5.41) is 1.05. The molecule has 0 aliphatic rings. The number of nitrogens with one attached hydrogen (secondary N) is 1. The van der Waals surface area contributed by atoms with Crippen molar-refractivity contribution in [2.24, 2.45) is 0 Å². The summed E-state index contributed by atoms with van der Waals surface area (Å²) in [5.74, 6) is 0. The van der Waals surface area contributed by atoms with Gasteiger partial charge in [0.15, 0.2) is 0 Å². The topological polar surface area (TPSA) is 56.4 Å². The third-order valence-corrected chi connectivity index (χ3v) is 1.64. The summed E-state index contributed by atoms with van der Waals surface area (Å²) in [6.07, 6.45) is 0. The Morgan fingerprint density at radius 3 is 1.11 bits per heavy atom. The second-order valence-electron chi connectivity index (χ2n) is 5.04. The molecule has 0 aliphatic heterocycles. The van der Waals surface area contributed by atoms with Gasteiger partial charge in [-0.15, -0.1) is 0 Å². The molecule has 1 aromatic carbocycles. The van der Waals surface area contributed by atoms with Gasteiger partial charge in [-0.25, -0.2) is 0 Å². The lowest BCUT2D eigenvalue weighted by atomic mass is 10.2. The molecule has 2 bridgehead atoms. The summed E-state index contributed by atoms with van der Waals surface area (Å²) in [7, 11) is 12.0. The monoisotopic (exact) mass is 265 g/mol. The van der Waals surface area contributed by atoms with E-state index in [4.69, 9.17) is 0 Å². The van der Waals surface area contributed by atoms with Gasteiger partial charge in [-0.05, 0) is 66.6 Å². The van der Waals surface area contributed by atoms with Crippen LogP contribution in [0.15, 0.2) is 33.9 Å². The summed E-state index contributed by atoms with van der Waals surface area (Å²) < 4.78 is 0. The van der Waals surface area contributed by atoms with Crippen LogP contribution < -0.4 is 11.1 Å². The van der Waals surface area contributed by atoms with Crippen LogP contribution in [0.1, 0.15) is 0 Å². The van der Waals surface area contributed by atoms with Crippen molar-refractivity contribution < 1.29 is 0 Å². The van der Waals surface area contributed by atoms with E-state index in [0.29, 0.717) is 10.8 Å². The van der Waals surface area contributed by atoms with Crippen LogP contribution in [0.4, 0.5) is 0 Å². The molecule has 1 N–H and O–H groups in total. The fraction of sp³-hybridized carbons (Fsp3) is 0.429. The van der Waals surface area contributed by atoms with Crippen molar-refractivity contribution in [2.75, 3.05) is 42.3 Å². The molecule has 5 heteroatoms. The maximum absolute atomic E-state index is 11.0. The molecular weight excluding hydrogens is 242 g/mol. The Morgan fingerprint density at radius 1 is 0.684 bits per heavy atom. The Hall–Kier alpha value is -1.72. The number of hydrogen-bond donors (Lipinski definition) is 1. The average Bonchev–Trinajstić information content (AvgIpc) is 2.47. The Labute approximate surface area is 113 Å². The zero-order chi connectivity index (χ0) is 15.0. The first-order chi connectivity index (χ1) is 8.73. The van der Waals surface area contributed by atoms with E-state index in [-0.39, 0.29) is 11.1 Å². The highest BCUT2D eigenvalue weighted by molar-refractivity contribution is 5.62. The normalized spacial score (nSPS) is 9.89. The molecule has 0 spiro atoms. The minimum atomic E-state index is -0.324. The Balaban J connectivity index is 0.000000342. The van der Waals surface area contributed by atoms with E-state index in [2.05, 4.69) is 4.98 Å². The van der Waals surface area contributed by atoms with Crippen LogP contribution >= 0.6 is 0 Å². The highest BCUT2D eigenvalue weighted by Crippen LogP contribution is 1.98. The Bertz CT molecular complexity index is 500. The fourth-order valence-corrected chi connectivity index (χ4v) is 1.02. The molecule has 0 saturated heterocycles. The number of aromatic nitrogens is 1. The van der Waals surface area contributed by atoms with Crippen molar-refractivity contribution in [3.05, 3.63) is 45.0 Å². The average molecular weight is 265 g/mol. The zero-order valence-electron chi connectivity index (χ0n) is 12.5. The molecule has 19 heavy (non-hydrogen) atoms. The van der Waals surface area contributed by atoms with Crippen LogP contribution in [0.25, 0.3) is 10.8 Å². The van der Waals surface area contributed by atoms with E-state index < -0.39 is 0 Å². The summed E-state index contributed by atoms with van der Waals surface area (Å²) >= 11 is 0. The fourth-order valence-electron chi connectivity index (χ4n) is 1.02. The predicted molar refractivity (Wildman–Crippen MR) is 81.2 cm³/mol. The summed E-state index contributed by atoms with van der Waals surface area (Å²) in [4.78, 5) is 28.2. The Kier molecular flexibility index (Phi) is 7.63. The highest BCUT2D eigenvalue weighted by atomic mass is 16.2. The molecule has 0 radical (unpaired) electrons. The second-order valence-corrected chi connectivity index (χ2v) is 5.04. The first-order valence-corrected chi connectivity index (χ1v) is 5.91. The molecule has 2 aromatic heterocycles. The van der Waals surface area contributed by atoms with Gasteiger partial charge in [0.1, 0.15) is 0 Å². The number of benzene rings is 1. The predicted octanol–water partition coefficient (Wildman–Crippen LogP) is 0.682. The lowest BCUT2D eigenvalue weighted by Gasteiger charge is -1.90. The van der Waals surface area contributed by atoms with E-state index in [1.807, 2.05) is 52.1 Å². The highest BCUT2D eigenvalue weighted by Gasteiger charge is 1.95. The lowest BCUT2D eigenvalue weighted by molar-refractivity contribution is 0.505. The number of rotatable bonds is 0. The second kappa shape index (κ2) is 8.39. The molecular formula is C14H23N3O2. The molecule has 0 unspecified atom stereocenters. The van der Waals surface area contributed by atoms with Crippen LogP contribution in [0.2, 0.25) is 0 Å². The van der Waals surface area contributed by atoms with E-state index in [1.54, 1.807) is 24.3 Å². The van der Waals surface area contributed by atoms with Gasteiger partial charge in [0, 0.05) is 10.8 Å². The van der Waals surface area contributed by atoms with E-state index in [9.17, 15) is 9.59 Å². The van der Waals surface area contributed by atoms with E-state index >= 15 is 0 Å². The molecule has 0 saturated carbocycles. The number of fused-ring (bicyclic) bond motifs is 4. The van der Waals surface area contributed by atoms with Crippen molar-refractivity contribution in [2.45, 2.75) is 0 Å². The number of H-pyrrole nitrogens is 1. The first kappa shape index (κ1) is 17.3. The maximum atomic E-state index is 11.0. The molecule has 2 heterocycles. The summed E-state index contributed by atoms with van der Waals surface area (Å²) in [6.45, 7) is 0. The maximum Gasteiger partial charge on any atom is 0.258 e. The zero-order valence-corrected chi connectivity index (χ0v) is 12.5. The third-order valence-electron chi connectivity index (χ3n) is 1.64. The Morgan fingerprint density at radius 2 is 0.895 bits per heavy atom. The lowest BCUT2D eigenvalue weighted by Crippen LogP contribution is -2.12. The van der Waals surface area contributed by atoms with Crippen LogP contribution in [0.5, 0.6) is 0 Å². The van der Waals surface area contributed by atoms with Gasteiger partial charge < -0.3 is 9.80 Å². The first-order valence-electron chi connectivity index (χ1n) is 5.91. The standard InChI is InChI=1S/C8H5NO2.2C3H9N/c10-7-5-1-2-6(4-3-5)8(11)9-7;2*1-4(2)3/h1-4H,(H,9,10,11);2*1-3H3. The molecule has 106 valence electrons.